The van der Waals surface area contributed by atoms with Crippen LogP contribution in [0.4, 0.5) is 4.79 Å². The van der Waals surface area contributed by atoms with Gasteiger partial charge in [-0.3, -0.25) is 4.18 Å². The minimum atomic E-state index is -3.28. The van der Waals surface area contributed by atoms with Crippen LogP contribution >= 0.6 is 10.9 Å². The van der Waals surface area contributed by atoms with Gasteiger partial charge in [0.2, 0.25) is 5.44 Å². The van der Waals surface area contributed by atoms with Crippen molar-refractivity contribution in [2.24, 2.45) is 0 Å². The van der Waals surface area contributed by atoms with E-state index in [4.69, 9.17) is 0 Å². The van der Waals surface area contributed by atoms with E-state index in [0.717, 1.165) is 0 Å². The van der Waals surface area contributed by atoms with E-state index in [0.29, 0.717) is 0 Å². The molecule has 1 aliphatic heterocycles. The molecule has 0 bridgehead atoms. The molecule has 0 saturated carbocycles. The molecule has 6 nitrogen and oxygen atoms in total. The molecule has 1 heterocycles. The van der Waals surface area contributed by atoms with Gasteiger partial charge in [0.15, 0.2) is 0 Å². The van der Waals surface area contributed by atoms with Crippen LogP contribution in [0.15, 0.2) is 0 Å². The SMILES string of the molecule is CC#COC(=O)OC1CCOS1(O)O. The maximum absolute atomic E-state index is 10.8. The largest absolute Gasteiger partial charge is 0.524 e. The quantitative estimate of drug-likeness (QED) is 0.517. The Balaban J connectivity index is 2.43. The first-order chi connectivity index (χ1) is 6.56. The zero-order valence-corrected chi connectivity index (χ0v) is 8.24. The van der Waals surface area contributed by atoms with E-state index < -0.39 is 22.5 Å². The van der Waals surface area contributed by atoms with E-state index >= 15 is 0 Å². The lowest BCUT2D eigenvalue weighted by Crippen LogP contribution is -2.20. The third-order valence-electron chi connectivity index (χ3n) is 1.42. The van der Waals surface area contributed by atoms with Gasteiger partial charge in [0.05, 0.1) is 6.61 Å². The maximum Gasteiger partial charge on any atom is 0.524 e. The summed E-state index contributed by atoms with van der Waals surface area (Å²) in [5.74, 6) is 2.32. The Morgan fingerprint density at radius 3 is 2.86 bits per heavy atom. The fourth-order valence-electron chi connectivity index (χ4n) is 0.842. The van der Waals surface area contributed by atoms with E-state index in [1.54, 1.807) is 0 Å². The molecule has 1 saturated heterocycles. The first-order valence-electron chi connectivity index (χ1n) is 3.77. The highest BCUT2D eigenvalue weighted by atomic mass is 32.3. The molecule has 80 valence electrons. The molecule has 0 aliphatic carbocycles. The monoisotopic (exact) mass is 222 g/mol. The fourth-order valence-corrected chi connectivity index (χ4v) is 1.94. The predicted molar refractivity (Wildman–Crippen MR) is 48.2 cm³/mol. The molecule has 1 atom stereocenters. The van der Waals surface area contributed by atoms with Gasteiger partial charge in [0, 0.05) is 13.3 Å². The maximum atomic E-state index is 10.8. The lowest BCUT2D eigenvalue weighted by Gasteiger charge is -2.25. The van der Waals surface area contributed by atoms with Gasteiger partial charge in [-0.05, 0) is 0 Å². The summed E-state index contributed by atoms with van der Waals surface area (Å²) >= 11 is 0. The molecule has 14 heavy (non-hydrogen) atoms. The normalized spacial score (nSPS) is 25.8. The van der Waals surface area contributed by atoms with Crippen LogP contribution in [0.3, 0.4) is 0 Å². The molecular formula is C7H10O6S. The van der Waals surface area contributed by atoms with E-state index in [1.807, 2.05) is 6.11 Å². The second-order valence-corrected chi connectivity index (χ2v) is 4.24. The average molecular weight is 222 g/mol. The lowest BCUT2D eigenvalue weighted by molar-refractivity contribution is 0.0753. The molecule has 1 fully saturated rings. The van der Waals surface area contributed by atoms with E-state index in [1.165, 1.54) is 6.92 Å². The van der Waals surface area contributed by atoms with Crippen LogP contribution in [-0.4, -0.2) is 27.3 Å². The van der Waals surface area contributed by atoms with Crippen LogP contribution in [0, 0.1) is 12.0 Å². The van der Waals surface area contributed by atoms with Gasteiger partial charge in [-0.1, -0.05) is 5.92 Å². The first kappa shape index (κ1) is 11.1. The lowest BCUT2D eigenvalue weighted by atomic mass is 10.5. The summed E-state index contributed by atoms with van der Waals surface area (Å²) in [5, 5.41) is 0. The Bertz CT molecular complexity index is 278. The van der Waals surface area contributed by atoms with Gasteiger partial charge in [0.1, 0.15) is 17.0 Å². The van der Waals surface area contributed by atoms with Crippen molar-refractivity contribution in [1.29, 1.82) is 0 Å². The summed E-state index contributed by atoms with van der Waals surface area (Å²) in [7, 11) is -3.28. The van der Waals surface area contributed by atoms with Crippen molar-refractivity contribution >= 4 is 17.0 Å². The number of hydrogen-bond donors (Lipinski definition) is 2. The molecule has 0 spiro atoms. The average Bonchev–Trinajstić information content (AvgIpc) is 2.43. The Hall–Kier alpha value is -0.940. The van der Waals surface area contributed by atoms with E-state index in [9.17, 15) is 13.9 Å². The van der Waals surface area contributed by atoms with Crippen molar-refractivity contribution in [1.82, 2.24) is 0 Å². The molecule has 1 aliphatic rings. The molecule has 0 amide bonds. The highest BCUT2D eigenvalue weighted by molar-refractivity contribution is 8.20. The Morgan fingerprint density at radius 2 is 2.36 bits per heavy atom. The summed E-state index contributed by atoms with van der Waals surface area (Å²) in [5.41, 5.74) is -1.06. The Labute approximate surface area is 82.7 Å². The summed E-state index contributed by atoms with van der Waals surface area (Å²) in [6.45, 7) is 1.62. The number of carbonyl (C=O) groups excluding carboxylic acids is 1. The molecule has 1 rings (SSSR count). The molecule has 7 heteroatoms. The van der Waals surface area contributed by atoms with Crippen LogP contribution < -0.4 is 0 Å². The van der Waals surface area contributed by atoms with Crippen molar-refractivity contribution in [2.75, 3.05) is 6.61 Å². The Kier molecular flexibility index (Phi) is 3.60. The zero-order chi connectivity index (χ0) is 10.6. The highest BCUT2D eigenvalue weighted by Crippen LogP contribution is 2.52. The van der Waals surface area contributed by atoms with Crippen LogP contribution in [0.25, 0.3) is 0 Å². The van der Waals surface area contributed by atoms with Crippen LogP contribution in [0.2, 0.25) is 0 Å². The van der Waals surface area contributed by atoms with Crippen molar-refractivity contribution in [3.63, 3.8) is 0 Å². The smallest absolute Gasteiger partial charge is 0.414 e. The molecular weight excluding hydrogens is 212 g/mol. The zero-order valence-electron chi connectivity index (χ0n) is 7.43. The molecule has 0 aromatic heterocycles. The predicted octanol–water partition coefficient (Wildman–Crippen LogP) is 1.53. The third kappa shape index (κ3) is 2.78. The van der Waals surface area contributed by atoms with Crippen LogP contribution in [-0.2, 0) is 13.7 Å². The number of carbonyl (C=O) groups is 1. The van der Waals surface area contributed by atoms with Gasteiger partial charge >= 0.3 is 6.16 Å². The Morgan fingerprint density at radius 1 is 1.64 bits per heavy atom. The topological polar surface area (TPSA) is 85.2 Å². The minimum absolute atomic E-state index is 0.139. The second-order valence-electron chi connectivity index (χ2n) is 2.40. The van der Waals surface area contributed by atoms with Crippen molar-refractivity contribution in [3.05, 3.63) is 0 Å². The van der Waals surface area contributed by atoms with Crippen molar-refractivity contribution < 1.29 is 27.6 Å². The summed E-state index contributed by atoms with van der Waals surface area (Å²) in [6, 6.07) is 0. The van der Waals surface area contributed by atoms with E-state index in [2.05, 4.69) is 19.6 Å². The summed E-state index contributed by atoms with van der Waals surface area (Å²) in [6.07, 6.45) is 1.20. The van der Waals surface area contributed by atoms with Crippen molar-refractivity contribution in [2.45, 2.75) is 18.8 Å². The summed E-state index contributed by atoms with van der Waals surface area (Å²) < 4.78 is 31.8. The minimum Gasteiger partial charge on any atom is -0.414 e. The second kappa shape index (κ2) is 4.52. The van der Waals surface area contributed by atoms with Crippen molar-refractivity contribution in [3.8, 4) is 12.0 Å². The number of hydrogen-bond acceptors (Lipinski definition) is 6. The van der Waals surface area contributed by atoms with Gasteiger partial charge in [-0.25, -0.2) is 4.79 Å². The first-order valence-corrected chi connectivity index (χ1v) is 5.30. The number of ether oxygens (including phenoxy) is 2. The van der Waals surface area contributed by atoms with Crippen LogP contribution in [0.1, 0.15) is 13.3 Å². The standard InChI is InChI=1S/C7H10O6S/c1-2-4-11-7(8)13-6-3-5-12-14(6,9)10/h6,9-10H,3,5H2,1H3. The van der Waals surface area contributed by atoms with Gasteiger partial charge in [-0.15, -0.1) is 0 Å². The molecule has 0 aromatic carbocycles. The summed E-state index contributed by atoms with van der Waals surface area (Å²) in [4.78, 5) is 10.8. The van der Waals surface area contributed by atoms with Gasteiger partial charge in [0.25, 0.3) is 0 Å². The molecule has 0 radical (unpaired) electrons. The fraction of sp³-hybridized carbons (Fsp3) is 0.571. The molecule has 1 unspecified atom stereocenters. The van der Waals surface area contributed by atoms with Gasteiger partial charge in [-0.2, -0.15) is 0 Å². The number of rotatable bonds is 1. The van der Waals surface area contributed by atoms with Crippen LogP contribution in [0.5, 0.6) is 0 Å². The van der Waals surface area contributed by atoms with Gasteiger partial charge < -0.3 is 18.6 Å². The molecule has 2 N–H and O–H groups in total. The van der Waals surface area contributed by atoms with E-state index in [-0.39, 0.29) is 13.0 Å². The molecule has 0 aromatic rings. The highest BCUT2D eigenvalue weighted by Gasteiger charge is 2.40. The third-order valence-corrected chi connectivity index (χ3v) is 2.95.